The van der Waals surface area contributed by atoms with Gasteiger partial charge in [0.1, 0.15) is 11.3 Å². The van der Waals surface area contributed by atoms with Gasteiger partial charge in [-0.2, -0.15) is 0 Å². The van der Waals surface area contributed by atoms with Crippen molar-refractivity contribution in [3.63, 3.8) is 0 Å². The number of nitrogens with one attached hydrogen (secondary N) is 2. The van der Waals surface area contributed by atoms with E-state index in [-0.39, 0.29) is 42.0 Å². The molecule has 0 aromatic carbocycles. The minimum Gasteiger partial charge on any atom is -0.444 e. The summed E-state index contributed by atoms with van der Waals surface area (Å²) in [5, 5.41) is 6.57. The molecule has 2 atom stereocenters. The summed E-state index contributed by atoms with van der Waals surface area (Å²) >= 11 is 0. The number of rotatable bonds is 7. The van der Waals surface area contributed by atoms with Gasteiger partial charge in [0, 0.05) is 32.6 Å². The summed E-state index contributed by atoms with van der Waals surface area (Å²) in [4.78, 5) is 32.9. The molecule has 2 amide bonds. The van der Waals surface area contributed by atoms with Gasteiger partial charge in [0.25, 0.3) is 0 Å². The van der Waals surface area contributed by atoms with Crippen LogP contribution in [-0.2, 0) is 14.3 Å². The zero-order valence-electron chi connectivity index (χ0n) is 20.7. The molecule has 10 heteroatoms. The minimum absolute atomic E-state index is 0. The van der Waals surface area contributed by atoms with E-state index in [9.17, 15) is 9.59 Å². The molecular formula is C22H42IN5O4. The van der Waals surface area contributed by atoms with Crippen LogP contribution >= 0.6 is 24.0 Å². The van der Waals surface area contributed by atoms with Gasteiger partial charge in [0.05, 0.1) is 18.7 Å². The Kier molecular flexibility index (Phi) is 11.0. The van der Waals surface area contributed by atoms with Crippen LogP contribution in [0.25, 0.3) is 0 Å². The minimum atomic E-state index is -0.768. The van der Waals surface area contributed by atoms with E-state index >= 15 is 0 Å². The van der Waals surface area contributed by atoms with Crippen molar-refractivity contribution in [1.82, 2.24) is 20.4 Å². The number of carbonyl (C=O) groups excluding carboxylic acids is 2. The molecular weight excluding hydrogens is 525 g/mol. The highest BCUT2D eigenvalue weighted by Crippen LogP contribution is 2.33. The van der Waals surface area contributed by atoms with E-state index in [1.807, 2.05) is 53.4 Å². The lowest BCUT2D eigenvalue weighted by atomic mass is 10.1. The van der Waals surface area contributed by atoms with Gasteiger partial charge in [0.15, 0.2) is 5.96 Å². The summed E-state index contributed by atoms with van der Waals surface area (Å²) in [5.41, 5.74) is -1.35. The van der Waals surface area contributed by atoms with Gasteiger partial charge in [-0.3, -0.25) is 14.7 Å². The average molecular weight is 568 g/mol. The van der Waals surface area contributed by atoms with Gasteiger partial charge < -0.3 is 25.0 Å². The molecule has 2 aliphatic heterocycles. The number of nitrogens with zero attached hydrogens (tertiary/aromatic N) is 3. The molecule has 186 valence electrons. The molecule has 2 fully saturated rings. The number of amides is 2. The van der Waals surface area contributed by atoms with E-state index in [4.69, 9.17) is 14.5 Å². The number of guanidine groups is 1. The maximum Gasteiger partial charge on any atom is 0.412 e. The van der Waals surface area contributed by atoms with Crippen LogP contribution in [-0.4, -0.2) is 84.0 Å². The molecule has 0 radical (unpaired) electrons. The number of aliphatic imine (C=N–C) groups is 1. The second-order valence-corrected chi connectivity index (χ2v) is 9.67. The molecule has 0 saturated carbocycles. The van der Waals surface area contributed by atoms with Crippen molar-refractivity contribution in [3.05, 3.63) is 0 Å². The Labute approximate surface area is 210 Å². The molecule has 2 rings (SSSR count). The fourth-order valence-electron chi connectivity index (χ4n) is 4.04. The third-order valence-electron chi connectivity index (χ3n) is 5.37. The predicted octanol–water partition coefficient (Wildman–Crippen LogP) is 2.93. The summed E-state index contributed by atoms with van der Waals surface area (Å²) in [7, 11) is 0. The third-order valence-corrected chi connectivity index (χ3v) is 5.37. The smallest absolute Gasteiger partial charge is 0.412 e. The summed E-state index contributed by atoms with van der Waals surface area (Å²) in [5.74, 6) is 0.942. The van der Waals surface area contributed by atoms with Crippen LogP contribution in [0.4, 0.5) is 4.79 Å². The highest BCUT2D eigenvalue weighted by atomic mass is 127. The van der Waals surface area contributed by atoms with E-state index in [2.05, 4.69) is 10.6 Å². The van der Waals surface area contributed by atoms with Crippen molar-refractivity contribution in [2.24, 2.45) is 4.99 Å². The Hall–Kier alpha value is -1.30. The lowest BCUT2D eigenvalue weighted by Gasteiger charge is -2.34. The molecule has 0 aliphatic carbocycles. The van der Waals surface area contributed by atoms with Crippen molar-refractivity contribution < 1.29 is 19.1 Å². The van der Waals surface area contributed by atoms with Crippen molar-refractivity contribution >= 4 is 41.9 Å². The molecule has 9 nitrogen and oxygen atoms in total. The quantitative estimate of drug-likeness (QED) is 0.213. The molecule has 0 spiro atoms. The predicted molar refractivity (Wildman–Crippen MR) is 136 cm³/mol. The van der Waals surface area contributed by atoms with Gasteiger partial charge in [-0.25, -0.2) is 4.79 Å². The van der Waals surface area contributed by atoms with Crippen LogP contribution in [0.1, 0.15) is 67.7 Å². The van der Waals surface area contributed by atoms with Crippen LogP contribution in [0.15, 0.2) is 4.99 Å². The Morgan fingerprint density at radius 3 is 2.56 bits per heavy atom. The molecule has 2 aliphatic rings. The average Bonchev–Trinajstić information content (AvgIpc) is 3.13. The summed E-state index contributed by atoms with van der Waals surface area (Å²) in [6.07, 6.45) is 1.92. The molecule has 2 saturated heterocycles. The standard InChI is InChI=1S/C22H41N5O4.HI/c1-8-23-19(24-12-10-14-26-13-9-11-18(26)28)25-15-17-16(2)30-22(6,7)27(17)20(29)31-21(3,4)5;/h16-17H,8-15H2,1-7H3,(H2,23,24,25);1H. The Morgan fingerprint density at radius 2 is 2.00 bits per heavy atom. The van der Waals surface area contributed by atoms with Gasteiger partial charge in [-0.05, 0) is 61.3 Å². The monoisotopic (exact) mass is 567 g/mol. The van der Waals surface area contributed by atoms with Gasteiger partial charge >= 0.3 is 6.09 Å². The van der Waals surface area contributed by atoms with Crippen LogP contribution in [0.2, 0.25) is 0 Å². The second kappa shape index (κ2) is 12.2. The van der Waals surface area contributed by atoms with Crippen LogP contribution in [0, 0.1) is 0 Å². The number of carbonyl (C=O) groups is 2. The number of ether oxygens (including phenoxy) is 2. The van der Waals surface area contributed by atoms with Crippen molar-refractivity contribution in [1.29, 1.82) is 0 Å². The number of likely N-dealkylation sites (tertiary alicyclic amines) is 1. The zero-order valence-corrected chi connectivity index (χ0v) is 23.0. The number of hydrogen-bond acceptors (Lipinski definition) is 5. The topological polar surface area (TPSA) is 95.5 Å². The Morgan fingerprint density at radius 1 is 1.31 bits per heavy atom. The SMILES string of the molecule is CCNC(=NCC1C(C)OC(C)(C)N1C(=O)OC(C)(C)C)NCCCN1CCCC1=O.I. The summed E-state index contributed by atoms with van der Waals surface area (Å²) in [6.45, 7) is 16.8. The van der Waals surface area contributed by atoms with E-state index in [0.717, 1.165) is 32.5 Å². The van der Waals surface area contributed by atoms with Gasteiger partial charge in [0.2, 0.25) is 5.91 Å². The Balaban J connectivity index is 0.00000512. The largest absolute Gasteiger partial charge is 0.444 e. The molecule has 32 heavy (non-hydrogen) atoms. The van der Waals surface area contributed by atoms with Crippen LogP contribution in [0.5, 0.6) is 0 Å². The van der Waals surface area contributed by atoms with E-state index < -0.39 is 17.4 Å². The van der Waals surface area contributed by atoms with Crippen LogP contribution in [0.3, 0.4) is 0 Å². The lowest BCUT2D eigenvalue weighted by Crippen LogP contribution is -2.51. The molecule has 0 bridgehead atoms. The summed E-state index contributed by atoms with van der Waals surface area (Å²) in [6, 6.07) is -0.234. The van der Waals surface area contributed by atoms with Crippen molar-refractivity contribution in [2.45, 2.75) is 91.2 Å². The van der Waals surface area contributed by atoms with E-state index in [1.165, 1.54) is 0 Å². The molecule has 2 unspecified atom stereocenters. The lowest BCUT2D eigenvalue weighted by molar-refractivity contribution is -0.127. The van der Waals surface area contributed by atoms with Gasteiger partial charge in [-0.1, -0.05) is 0 Å². The summed E-state index contributed by atoms with van der Waals surface area (Å²) < 4.78 is 11.7. The van der Waals surface area contributed by atoms with Crippen LogP contribution < -0.4 is 10.6 Å². The molecule has 2 N–H and O–H groups in total. The van der Waals surface area contributed by atoms with Crippen molar-refractivity contribution in [2.75, 3.05) is 32.7 Å². The first-order valence-corrected chi connectivity index (χ1v) is 11.4. The maximum absolute atomic E-state index is 12.9. The first-order valence-electron chi connectivity index (χ1n) is 11.4. The number of halogens is 1. The molecule has 2 heterocycles. The fourth-order valence-corrected chi connectivity index (χ4v) is 4.04. The fraction of sp³-hybridized carbons (Fsp3) is 0.864. The second-order valence-electron chi connectivity index (χ2n) is 9.67. The van der Waals surface area contributed by atoms with Crippen molar-refractivity contribution in [3.8, 4) is 0 Å². The van der Waals surface area contributed by atoms with Gasteiger partial charge in [-0.15, -0.1) is 24.0 Å². The highest BCUT2D eigenvalue weighted by Gasteiger charge is 2.49. The first-order chi connectivity index (χ1) is 14.4. The normalized spacial score (nSPS) is 23.2. The van der Waals surface area contributed by atoms with E-state index in [0.29, 0.717) is 25.5 Å². The van der Waals surface area contributed by atoms with E-state index in [1.54, 1.807) is 4.90 Å². The third kappa shape index (κ3) is 8.24. The zero-order chi connectivity index (χ0) is 23.2. The maximum atomic E-state index is 12.9. The first kappa shape index (κ1) is 28.7. The highest BCUT2D eigenvalue weighted by molar-refractivity contribution is 14.0. The molecule has 0 aromatic rings. The molecule has 0 aromatic heterocycles. The number of hydrogen-bond donors (Lipinski definition) is 2. The Bertz CT molecular complexity index is 665.